The number of phenolic OH excluding ortho intramolecular Hbond substituents is 1. The number of nitrogens with zero attached hydrogens (tertiary/aromatic N) is 2. The Balaban J connectivity index is 1.72. The number of benzene rings is 2. The van der Waals surface area contributed by atoms with Crippen molar-refractivity contribution < 1.29 is 14.4 Å². The fourth-order valence-corrected chi connectivity index (χ4v) is 1.99. The van der Waals surface area contributed by atoms with Gasteiger partial charge in [0.15, 0.2) is 6.61 Å². The van der Waals surface area contributed by atoms with Crippen LogP contribution in [0.15, 0.2) is 57.5 Å². The van der Waals surface area contributed by atoms with E-state index in [4.69, 9.17) is 9.26 Å². The van der Waals surface area contributed by atoms with Gasteiger partial charge in [-0.1, -0.05) is 23.4 Å². The summed E-state index contributed by atoms with van der Waals surface area (Å²) in [5.74, 6) is 1.64. The van der Waals surface area contributed by atoms with Gasteiger partial charge in [-0.15, -0.1) is 0 Å². The van der Waals surface area contributed by atoms with Crippen molar-refractivity contribution in [2.75, 3.05) is 0 Å². The van der Waals surface area contributed by atoms with Crippen LogP contribution in [0.4, 0.5) is 0 Å². The van der Waals surface area contributed by atoms with E-state index in [9.17, 15) is 5.11 Å². The van der Waals surface area contributed by atoms with E-state index in [1.54, 1.807) is 18.2 Å². The van der Waals surface area contributed by atoms with Gasteiger partial charge in [0.05, 0.1) is 4.47 Å². The summed E-state index contributed by atoms with van der Waals surface area (Å²) in [7, 11) is 0. The second kappa shape index (κ2) is 5.97. The normalized spacial score (nSPS) is 10.5. The molecule has 0 fully saturated rings. The topological polar surface area (TPSA) is 68.4 Å². The Hall–Kier alpha value is -2.34. The number of hydrogen-bond donors (Lipinski definition) is 1. The molecule has 0 bridgehead atoms. The van der Waals surface area contributed by atoms with Gasteiger partial charge >= 0.3 is 0 Å². The predicted molar refractivity (Wildman–Crippen MR) is 79.9 cm³/mol. The lowest BCUT2D eigenvalue weighted by Crippen LogP contribution is -1.97. The Morgan fingerprint density at radius 2 is 1.95 bits per heavy atom. The lowest BCUT2D eigenvalue weighted by molar-refractivity contribution is 0.287. The monoisotopic (exact) mass is 346 g/mol. The summed E-state index contributed by atoms with van der Waals surface area (Å²) in [4.78, 5) is 4.24. The van der Waals surface area contributed by atoms with Crippen LogP contribution in [0.2, 0.25) is 0 Å². The molecule has 0 aliphatic carbocycles. The molecule has 3 rings (SSSR count). The standard InChI is InChI=1S/C15H11BrN2O3/c16-12-7-6-10(8-13(12)19)15-17-14(18-21-15)9-20-11-4-2-1-3-5-11/h1-8,19H,9H2. The zero-order chi connectivity index (χ0) is 14.7. The zero-order valence-electron chi connectivity index (χ0n) is 10.9. The van der Waals surface area contributed by atoms with Crippen LogP contribution in [0.5, 0.6) is 11.5 Å². The number of phenols is 1. The number of ether oxygens (including phenoxy) is 1. The van der Waals surface area contributed by atoms with Crippen LogP contribution in [0.3, 0.4) is 0 Å². The maximum Gasteiger partial charge on any atom is 0.258 e. The Labute approximate surface area is 129 Å². The molecule has 6 heteroatoms. The van der Waals surface area contributed by atoms with E-state index >= 15 is 0 Å². The van der Waals surface area contributed by atoms with Gasteiger partial charge in [0.25, 0.3) is 5.89 Å². The highest BCUT2D eigenvalue weighted by atomic mass is 79.9. The van der Waals surface area contributed by atoms with E-state index in [1.165, 1.54) is 0 Å². The molecule has 0 spiro atoms. The van der Waals surface area contributed by atoms with Gasteiger partial charge in [0.2, 0.25) is 5.82 Å². The van der Waals surface area contributed by atoms with Crippen LogP contribution in [-0.2, 0) is 6.61 Å². The second-order valence-corrected chi connectivity index (χ2v) is 5.14. The highest BCUT2D eigenvalue weighted by molar-refractivity contribution is 9.10. The Bertz CT molecular complexity index is 744. The third kappa shape index (κ3) is 3.22. The molecule has 0 radical (unpaired) electrons. The third-order valence-corrected chi connectivity index (χ3v) is 3.44. The quantitative estimate of drug-likeness (QED) is 0.778. The maximum absolute atomic E-state index is 9.66. The Morgan fingerprint density at radius 1 is 1.14 bits per heavy atom. The fraction of sp³-hybridized carbons (Fsp3) is 0.0667. The van der Waals surface area contributed by atoms with Crippen molar-refractivity contribution in [3.05, 3.63) is 58.8 Å². The molecule has 5 nitrogen and oxygen atoms in total. The highest BCUT2D eigenvalue weighted by Gasteiger charge is 2.11. The van der Waals surface area contributed by atoms with Gasteiger partial charge in [-0.2, -0.15) is 4.98 Å². The zero-order valence-corrected chi connectivity index (χ0v) is 12.4. The molecule has 0 unspecified atom stereocenters. The average molecular weight is 347 g/mol. The summed E-state index contributed by atoms with van der Waals surface area (Å²) in [5.41, 5.74) is 0.647. The fourth-order valence-electron chi connectivity index (χ4n) is 1.74. The second-order valence-electron chi connectivity index (χ2n) is 4.28. The lowest BCUT2D eigenvalue weighted by Gasteiger charge is -2.01. The van der Waals surface area contributed by atoms with Crippen LogP contribution >= 0.6 is 15.9 Å². The molecule has 0 aliphatic rings. The largest absolute Gasteiger partial charge is 0.507 e. The highest BCUT2D eigenvalue weighted by Crippen LogP contribution is 2.29. The van der Waals surface area contributed by atoms with Crippen molar-refractivity contribution in [3.63, 3.8) is 0 Å². The van der Waals surface area contributed by atoms with Gasteiger partial charge in [0, 0.05) is 5.56 Å². The minimum atomic E-state index is 0.118. The van der Waals surface area contributed by atoms with Crippen LogP contribution < -0.4 is 4.74 Å². The van der Waals surface area contributed by atoms with Crippen LogP contribution in [0.25, 0.3) is 11.5 Å². The van der Waals surface area contributed by atoms with Gasteiger partial charge in [-0.3, -0.25) is 0 Å². The molecule has 1 heterocycles. The number of aromatic hydroxyl groups is 1. The van der Waals surface area contributed by atoms with Gasteiger partial charge in [-0.05, 0) is 46.3 Å². The summed E-state index contributed by atoms with van der Waals surface area (Å²) < 4.78 is 11.3. The third-order valence-electron chi connectivity index (χ3n) is 2.77. The molecule has 1 N–H and O–H groups in total. The van der Waals surface area contributed by atoms with E-state index in [2.05, 4.69) is 26.1 Å². The Kier molecular flexibility index (Phi) is 3.87. The maximum atomic E-state index is 9.66. The minimum Gasteiger partial charge on any atom is -0.507 e. The van der Waals surface area contributed by atoms with Crippen molar-refractivity contribution in [2.45, 2.75) is 6.61 Å². The molecule has 0 atom stereocenters. The molecular weight excluding hydrogens is 336 g/mol. The molecule has 1 aromatic heterocycles. The summed E-state index contributed by atoms with van der Waals surface area (Å²) in [5, 5.41) is 13.5. The van der Waals surface area contributed by atoms with Crippen molar-refractivity contribution >= 4 is 15.9 Å². The smallest absolute Gasteiger partial charge is 0.258 e. The van der Waals surface area contributed by atoms with Crippen LogP contribution in [-0.4, -0.2) is 15.2 Å². The lowest BCUT2D eigenvalue weighted by atomic mass is 10.2. The SMILES string of the molecule is Oc1cc(-c2nc(COc3ccccc3)no2)ccc1Br. The molecule has 0 saturated heterocycles. The van der Waals surface area contributed by atoms with E-state index in [0.29, 0.717) is 21.8 Å². The molecule has 0 saturated carbocycles. The van der Waals surface area contributed by atoms with Crippen LogP contribution in [0, 0.1) is 0 Å². The van der Waals surface area contributed by atoms with E-state index < -0.39 is 0 Å². The van der Waals surface area contributed by atoms with Crippen molar-refractivity contribution in [1.29, 1.82) is 0 Å². The molecule has 106 valence electrons. The predicted octanol–water partition coefficient (Wildman–Crippen LogP) is 3.78. The summed E-state index contributed by atoms with van der Waals surface area (Å²) in [6.07, 6.45) is 0. The summed E-state index contributed by atoms with van der Waals surface area (Å²) in [6, 6.07) is 14.5. The Morgan fingerprint density at radius 3 is 2.71 bits per heavy atom. The first kappa shape index (κ1) is 13.6. The van der Waals surface area contributed by atoms with Gasteiger partial charge < -0.3 is 14.4 Å². The number of hydrogen-bond acceptors (Lipinski definition) is 5. The molecule has 2 aromatic carbocycles. The minimum absolute atomic E-state index is 0.118. The van der Waals surface area contributed by atoms with Crippen LogP contribution in [0.1, 0.15) is 5.82 Å². The van der Waals surface area contributed by atoms with Crippen molar-refractivity contribution in [2.24, 2.45) is 0 Å². The number of halogens is 1. The van der Waals surface area contributed by atoms with Gasteiger partial charge in [-0.25, -0.2) is 0 Å². The number of rotatable bonds is 4. The number of aromatic nitrogens is 2. The molecule has 0 aliphatic heterocycles. The first-order valence-electron chi connectivity index (χ1n) is 6.22. The average Bonchev–Trinajstić information content (AvgIpc) is 2.98. The first-order chi connectivity index (χ1) is 10.2. The van der Waals surface area contributed by atoms with E-state index in [-0.39, 0.29) is 12.4 Å². The van der Waals surface area contributed by atoms with Gasteiger partial charge in [0.1, 0.15) is 11.5 Å². The number of para-hydroxylation sites is 1. The van der Waals surface area contributed by atoms with Crippen molar-refractivity contribution in [3.8, 4) is 23.0 Å². The summed E-state index contributed by atoms with van der Waals surface area (Å²) in [6.45, 7) is 0.218. The molecule has 21 heavy (non-hydrogen) atoms. The molecular formula is C15H11BrN2O3. The van der Waals surface area contributed by atoms with Crippen molar-refractivity contribution in [1.82, 2.24) is 10.1 Å². The summed E-state index contributed by atoms with van der Waals surface area (Å²) >= 11 is 3.22. The first-order valence-corrected chi connectivity index (χ1v) is 7.01. The van der Waals surface area contributed by atoms with E-state index in [0.717, 1.165) is 5.75 Å². The molecule has 3 aromatic rings. The molecule has 0 amide bonds. The van der Waals surface area contributed by atoms with E-state index in [1.807, 2.05) is 30.3 Å².